The van der Waals surface area contributed by atoms with Gasteiger partial charge in [0.15, 0.2) is 0 Å². The Kier molecular flexibility index (Phi) is 2.72. The Bertz CT molecular complexity index is 478. The van der Waals surface area contributed by atoms with Gasteiger partial charge in [0.25, 0.3) is 0 Å². The maximum absolute atomic E-state index is 10.8. The average molecular weight is 242 g/mol. The summed E-state index contributed by atoms with van der Waals surface area (Å²) in [6.45, 7) is 0. The van der Waals surface area contributed by atoms with Crippen LogP contribution in [0.2, 0.25) is 0 Å². The number of anilines is 1. The van der Waals surface area contributed by atoms with Crippen LogP contribution in [0, 0.1) is 0 Å². The van der Waals surface area contributed by atoms with Crippen LogP contribution >= 0.6 is 17.0 Å². The molecule has 2 rings (SSSR count). The molecule has 0 saturated heterocycles. The van der Waals surface area contributed by atoms with E-state index in [2.05, 4.69) is 0 Å². The fraction of sp³-hybridized carbons (Fsp3) is 0. The van der Waals surface area contributed by atoms with Gasteiger partial charge in [0.05, 0.1) is 0 Å². The molecule has 0 aliphatic rings. The Morgan fingerprint density at radius 2 is 1.92 bits per heavy atom. The van der Waals surface area contributed by atoms with Gasteiger partial charge in [-0.15, -0.1) is 17.0 Å². The smallest absolute Gasteiger partial charge is 0.336 e. The third-order valence-electron chi connectivity index (χ3n) is 1.64. The minimum Gasteiger partial charge on any atom is -0.423 e. The Labute approximate surface area is 84.9 Å². The van der Waals surface area contributed by atoms with Gasteiger partial charge >= 0.3 is 5.63 Å². The van der Waals surface area contributed by atoms with E-state index < -0.39 is 0 Å². The minimum absolute atomic E-state index is 0. The van der Waals surface area contributed by atoms with Gasteiger partial charge in [0.2, 0.25) is 0 Å². The van der Waals surface area contributed by atoms with Gasteiger partial charge in [0, 0.05) is 17.1 Å². The summed E-state index contributed by atoms with van der Waals surface area (Å²) in [5, 5.41) is 0.842. The van der Waals surface area contributed by atoms with Crippen LogP contribution in [0.4, 0.5) is 5.69 Å². The van der Waals surface area contributed by atoms with Crippen molar-refractivity contribution in [3.05, 3.63) is 40.8 Å². The number of hydrogen-bond donors (Lipinski definition) is 1. The van der Waals surface area contributed by atoms with Gasteiger partial charge in [-0.2, -0.15) is 0 Å². The maximum Gasteiger partial charge on any atom is 0.336 e. The molecule has 2 N–H and O–H groups in total. The molecule has 0 amide bonds. The number of halogens is 1. The normalized spacial score (nSPS) is 9.54. The Morgan fingerprint density at radius 3 is 2.69 bits per heavy atom. The number of rotatable bonds is 0. The molecule has 0 radical (unpaired) electrons. The van der Waals surface area contributed by atoms with Crippen molar-refractivity contribution < 1.29 is 4.42 Å². The van der Waals surface area contributed by atoms with E-state index in [0.29, 0.717) is 11.3 Å². The van der Waals surface area contributed by atoms with Crippen LogP contribution in [-0.2, 0) is 0 Å². The van der Waals surface area contributed by atoms with E-state index in [1.807, 2.05) is 0 Å². The van der Waals surface area contributed by atoms with Crippen LogP contribution in [0.25, 0.3) is 11.0 Å². The molecular weight excluding hydrogens is 234 g/mol. The second-order valence-electron chi connectivity index (χ2n) is 2.55. The monoisotopic (exact) mass is 241 g/mol. The van der Waals surface area contributed by atoms with E-state index >= 15 is 0 Å². The van der Waals surface area contributed by atoms with E-state index in [1.165, 1.54) is 6.07 Å². The summed E-state index contributed by atoms with van der Waals surface area (Å²) in [4.78, 5) is 10.8. The van der Waals surface area contributed by atoms with Crippen LogP contribution in [-0.4, -0.2) is 0 Å². The highest BCUT2D eigenvalue weighted by molar-refractivity contribution is 8.93. The Hall–Kier alpha value is -1.29. The molecule has 4 heteroatoms. The van der Waals surface area contributed by atoms with Crippen molar-refractivity contribution in [3.8, 4) is 0 Å². The first-order valence-corrected chi connectivity index (χ1v) is 3.55. The Morgan fingerprint density at radius 1 is 1.15 bits per heavy atom. The highest BCUT2D eigenvalue weighted by atomic mass is 79.9. The molecule has 0 fully saturated rings. The largest absolute Gasteiger partial charge is 0.423 e. The molecule has 0 aliphatic heterocycles. The molecule has 1 aromatic heterocycles. The quantitative estimate of drug-likeness (QED) is 0.567. The van der Waals surface area contributed by atoms with Crippen LogP contribution in [0.1, 0.15) is 0 Å². The van der Waals surface area contributed by atoms with E-state index in [4.69, 9.17) is 10.2 Å². The SMILES string of the molecule is Br.Nc1ccc2oc(=O)ccc2c1. The van der Waals surface area contributed by atoms with E-state index in [-0.39, 0.29) is 22.6 Å². The van der Waals surface area contributed by atoms with Gasteiger partial charge in [-0.3, -0.25) is 0 Å². The number of nitrogens with two attached hydrogens (primary N) is 1. The van der Waals surface area contributed by atoms with Crippen LogP contribution in [0.5, 0.6) is 0 Å². The molecular formula is C9H8BrNO2. The lowest BCUT2D eigenvalue weighted by Gasteiger charge is -1.95. The molecule has 0 saturated carbocycles. The van der Waals surface area contributed by atoms with Crippen molar-refractivity contribution in [1.29, 1.82) is 0 Å². The third-order valence-corrected chi connectivity index (χ3v) is 1.64. The molecule has 1 aromatic carbocycles. The number of fused-ring (bicyclic) bond motifs is 1. The molecule has 0 bridgehead atoms. The van der Waals surface area contributed by atoms with Crippen molar-refractivity contribution in [1.82, 2.24) is 0 Å². The molecule has 2 aromatic rings. The maximum atomic E-state index is 10.8. The van der Waals surface area contributed by atoms with Crippen molar-refractivity contribution in [2.45, 2.75) is 0 Å². The van der Waals surface area contributed by atoms with Crippen LogP contribution in [0.3, 0.4) is 0 Å². The Balaban J connectivity index is 0.000000845. The van der Waals surface area contributed by atoms with Crippen molar-refractivity contribution in [3.63, 3.8) is 0 Å². The molecule has 0 unspecified atom stereocenters. The summed E-state index contributed by atoms with van der Waals surface area (Å²) in [5.41, 5.74) is 6.43. The average Bonchev–Trinajstić information content (AvgIpc) is 2.05. The van der Waals surface area contributed by atoms with Crippen molar-refractivity contribution in [2.75, 3.05) is 5.73 Å². The summed E-state index contributed by atoms with van der Waals surface area (Å²) in [7, 11) is 0. The topological polar surface area (TPSA) is 56.2 Å². The standard InChI is InChI=1S/C9H7NO2.BrH/c10-7-2-3-8-6(5-7)1-4-9(11)12-8;/h1-5H,10H2;1H. The molecule has 0 aliphatic carbocycles. The lowest BCUT2D eigenvalue weighted by molar-refractivity contribution is 0.561. The highest BCUT2D eigenvalue weighted by Gasteiger charge is 1.95. The van der Waals surface area contributed by atoms with Gasteiger partial charge in [-0.25, -0.2) is 4.79 Å². The van der Waals surface area contributed by atoms with E-state index in [0.717, 1.165) is 5.39 Å². The van der Waals surface area contributed by atoms with Gasteiger partial charge < -0.3 is 10.2 Å². The van der Waals surface area contributed by atoms with E-state index in [1.54, 1.807) is 24.3 Å². The minimum atomic E-state index is -0.340. The second-order valence-corrected chi connectivity index (χ2v) is 2.55. The molecule has 68 valence electrons. The van der Waals surface area contributed by atoms with Crippen molar-refractivity contribution in [2.24, 2.45) is 0 Å². The third kappa shape index (κ3) is 1.89. The summed E-state index contributed by atoms with van der Waals surface area (Å²) >= 11 is 0. The molecule has 3 nitrogen and oxygen atoms in total. The second kappa shape index (κ2) is 3.62. The number of hydrogen-bond acceptors (Lipinski definition) is 3. The predicted molar refractivity (Wildman–Crippen MR) is 57.2 cm³/mol. The molecule has 1 heterocycles. The summed E-state index contributed by atoms with van der Waals surface area (Å²) in [5.74, 6) is 0. The summed E-state index contributed by atoms with van der Waals surface area (Å²) in [6, 6.07) is 8.22. The van der Waals surface area contributed by atoms with Crippen LogP contribution in [0.15, 0.2) is 39.5 Å². The number of nitrogen functional groups attached to an aromatic ring is 1. The number of benzene rings is 1. The zero-order chi connectivity index (χ0) is 8.55. The predicted octanol–water partition coefficient (Wildman–Crippen LogP) is 1.95. The fourth-order valence-corrected chi connectivity index (χ4v) is 1.09. The zero-order valence-electron chi connectivity index (χ0n) is 6.69. The summed E-state index contributed by atoms with van der Waals surface area (Å²) < 4.78 is 4.91. The molecule has 0 atom stereocenters. The van der Waals surface area contributed by atoms with E-state index in [9.17, 15) is 4.79 Å². The van der Waals surface area contributed by atoms with Gasteiger partial charge in [0.1, 0.15) is 5.58 Å². The first-order valence-electron chi connectivity index (χ1n) is 3.55. The zero-order valence-corrected chi connectivity index (χ0v) is 8.40. The lowest BCUT2D eigenvalue weighted by Crippen LogP contribution is -1.94. The van der Waals surface area contributed by atoms with Gasteiger partial charge in [-0.05, 0) is 24.3 Å². The summed E-state index contributed by atoms with van der Waals surface area (Å²) in [6.07, 6.45) is 0. The molecule has 0 spiro atoms. The molecule has 13 heavy (non-hydrogen) atoms. The first-order chi connectivity index (χ1) is 5.75. The van der Waals surface area contributed by atoms with Crippen LogP contribution < -0.4 is 11.4 Å². The van der Waals surface area contributed by atoms with Gasteiger partial charge in [-0.1, -0.05) is 0 Å². The van der Waals surface area contributed by atoms with Crippen molar-refractivity contribution >= 4 is 33.6 Å². The lowest BCUT2D eigenvalue weighted by atomic mass is 10.2. The first kappa shape index (κ1) is 9.80. The highest BCUT2D eigenvalue weighted by Crippen LogP contribution is 2.14. The fourth-order valence-electron chi connectivity index (χ4n) is 1.09.